The highest BCUT2D eigenvalue weighted by Gasteiger charge is 2.34. The van der Waals surface area contributed by atoms with Gasteiger partial charge in [-0.1, -0.05) is 29.8 Å². The van der Waals surface area contributed by atoms with Gasteiger partial charge in [0.25, 0.3) is 0 Å². The van der Waals surface area contributed by atoms with Crippen molar-refractivity contribution in [2.75, 3.05) is 0 Å². The van der Waals surface area contributed by atoms with Crippen molar-refractivity contribution in [2.24, 2.45) is 0 Å². The summed E-state index contributed by atoms with van der Waals surface area (Å²) in [6.45, 7) is 6.44. The first-order valence-corrected chi connectivity index (χ1v) is 6.00. The molecule has 2 N–H and O–H groups in total. The molecule has 0 bridgehead atoms. The SMILES string of the molecule is Cc1cccc([C@@H](O)[C@@H]2CCC(C)(C)N2)c1. The summed E-state index contributed by atoms with van der Waals surface area (Å²) in [6.07, 6.45) is 1.78. The summed E-state index contributed by atoms with van der Waals surface area (Å²) in [6, 6.07) is 8.33. The molecule has 0 unspecified atom stereocenters. The van der Waals surface area contributed by atoms with Gasteiger partial charge in [0.1, 0.15) is 0 Å². The molecule has 0 saturated carbocycles. The quantitative estimate of drug-likeness (QED) is 0.801. The average molecular weight is 219 g/mol. The van der Waals surface area contributed by atoms with Crippen molar-refractivity contribution >= 4 is 0 Å². The zero-order chi connectivity index (χ0) is 11.8. The van der Waals surface area contributed by atoms with Crippen molar-refractivity contribution in [3.8, 4) is 0 Å². The van der Waals surface area contributed by atoms with Crippen LogP contribution in [0.15, 0.2) is 24.3 Å². The van der Waals surface area contributed by atoms with Crippen LogP contribution in [0.25, 0.3) is 0 Å². The monoisotopic (exact) mass is 219 g/mol. The molecule has 1 aliphatic heterocycles. The minimum Gasteiger partial charge on any atom is -0.387 e. The van der Waals surface area contributed by atoms with Gasteiger partial charge in [0.05, 0.1) is 6.10 Å². The standard InChI is InChI=1S/C14H21NO/c1-10-5-4-6-11(9-10)13(16)12-7-8-14(2,3)15-12/h4-6,9,12-13,15-16H,7-8H2,1-3H3/t12-,13+/m0/s1. The molecule has 0 radical (unpaired) electrons. The molecule has 1 aromatic carbocycles. The lowest BCUT2D eigenvalue weighted by Gasteiger charge is -2.24. The number of hydrogen-bond donors (Lipinski definition) is 2. The molecule has 1 saturated heterocycles. The van der Waals surface area contributed by atoms with Gasteiger partial charge in [0.2, 0.25) is 0 Å². The Kier molecular flexibility index (Phi) is 3.04. The number of aryl methyl sites for hydroxylation is 1. The number of aliphatic hydroxyl groups excluding tert-OH is 1. The molecule has 0 aliphatic carbocycles. The third-order valence-corrected chi connectivity index (χ3v) is 3.42. The molecular weight excluding hydrogens is 198 g/mol. The van der Waals surface area contributed by atoms with E-state index in [0.717, 1.165) is 18.4 Å². The van der Waals surface area contributed by atoms with E-state index in [2.05, 4.69) is 38.2 Å². The predicted molar refractivity (Wildman–Crippen MR) is 66.4 cm³/mol. The maximum atomic E-state index is 10.3. The van der Waals surface area contributed by atoms with Gasteiger partial charge < -0.3 is 10.4 Å². The van der Waals surface area contributed by atoms with Gasteiger partial charge in [-0.15, -0.1) is 0 Å². The summed E-state index contributed by atoms with van der Waals surface area (Å²) in [5.41, 5.74) is 2.39. The highest BCUT2D eigenvalue weighted by molar-refractivity contribution is 5.25. The van der Waals surface area contributed by atoms with E-state index in [-0.39, 0.29) is 17.7 Å². The number of hydrogen-bond acceptors (Lipinski definition) is 2. The molecule has 0 spiro atoms. The lowest BCUT2D eigenvalue weighted by atomic mass is 9.99. The Labute approximate surface area is 97.7 Å². The van der Waals surface area contributed by atoms with Gasteiger partial charge >= 0.3 is 0 Å². The van der Waals surface area contributed by atoms with E-state index in [1.165, 1.54) is 5.56 Å². The van der Waals surface area contributed by atoms with E-state index in [0.29, 0.717) is 0 Å². The normalized spacial score (nSPS) is 25.6. The third-order valence-electron chi connectivity index (χ3n) is 3.42. The van der Waals surface area contributed by atoms with E-state index in [1.807, 2.05) is 12.1 Å². The largest absolute Gasteiger partial charge is 0.387 e. The van der Waals surface area contributed by atoms with Gasteiger partial charge in [0, 0.05) is 11.6 Å². The minimum absolute atomic E-state index is 0.162. The smallest absolute Gasteiger partial charge is 0.0943 e. The summed E-state index contributed by atoms with van der Waals surface area (Å²) >= 11 is 0. The van der Waals surface area contributed by atoms with Crippen LogP contribution in [-0.2, 0) is 0 Å². The number of rotatable bonds is 2. The minimum atomic E-state index is -0.387. The fourth-order valence-corrected chi connectivity index (χ4v) is 2.49. The average Bonchev–Trinajstić information content (AvgIpc) is 2.58. The summed E-state index contributed by atoms with van der Waals surface area (Å²) in [5, 5.41) is 13.8. The van der Waals surface area contributed by atoms with E-state index >= 15 is 0 Å². The first-order valence-electron chi connectivity index (χ1n) is 6.00. The molecule has 1 heterocycles. The Morgan fingerprint density at radius 2 is 2.19 bits per heavy atom. The molecule has 2 nitrogen and oxygen atoms in total. The predicted octanol–water partition coefficient (Wildman–Crippen LogP) is 2.56. The zero-order valence-corrected chi connectivity index (χ0v) is 10.3. The number of aliphatic hydroxyl groups is 1. The maximum Gasteiger partial charge on any atom is 0.0943 e. The van der Waals surface area contributed by atoms with Crippen LogP contribution in [0, 0.1) is 6.92 Å². The summed E-state index contributed by atoms with van der Waals surface area (Å²) < 4.78 is 0. The second kappa shape index (κ2) is 4.19. The van der Waals surface area contributed by atoms with Crippen molar-refractivity contribution in [1.82, 2.24) is 5.32 Å². The van der Waals surface area contributed by atoms with E-state index in [9.17, 15) is 5.11 Å². The van der Waals surface area contributed by atoms with Crippen molar-refractivity contribution in [3.63, 3.8) is 0 Å². The van der Waals surface area contributed by atoms with Crippen LogP contribution in [0.5, 0.6) is 0 Å². The van der Waals surface area contributed by atoms with Gasteiger partial charge in [0.15, 0.2) is 0 Å². The Balaban J connectivity index is 2.11. The fraction of sp³-hybridized carbons (Fsp3) is 0.571. The second-order valence-electron chi connectivity index (χ2n) is 5.53. The number of nitrogens with one attached hydrogen (secondary N) is 1. The van der Waals surface area contributed by atoms with Crippen LogP contribution in [0.1, 0.15) is 43.9 Å². The highest BCUT2D eigenvalue weighted by atomic mass is 16.3. The van der Waals surface area contributed by atoms with Crippen LogP contribution >= 0.6 is 0 Å². The van der Waals surface area contributed by atoms with Gasteiger partial charge in [-0.25, -0.2) is 0 Å². The van der Waals surface area contributed by atoms with Crippen molar-refractivity contribution in [1.29, 1.82) is 0 Å². The van der Waals surface area contributed by atoms with Gasteiger partial charge in [-0.05, 0) is 39.2 Å². The summed E-state index contributed by atoms with van der Waals surface area (Å²) in [4.78, 5) is 0. The fourth-order valence-electron chi connectivity index (χ4n) is 2.49. The molecule has 1 fully saturated rings. The summed E-state index contributed by atoms with van der Waals surface area (Å²) in [5.74, 6) is 0. The number of benzene rings is 1. The molecule has 2 rings (SSSR count). The Bertz CT molecular complexity index is 373. The lowest BCUT2D eigenvalue weighted by molar-refractivity contribution is 0.131. The topological polar surface area (TPSA) is 32.3 Å². The Morgan fingerprint density at radius 1 is 1.44 bits per heavy atom. The van der Waals surface area contributed by atoms with Crippen LogP contribution in [0.4, 0.5) is 0 Å². The molecule has 0 amide bonds. The molecular formula is C14H21NO. The van der Waals surface area contributed by atoms with E-state index in [1.54, 1.807) is 0 Å². The van der Waals surface area contributed by atoms with Crippen LogP contribution < -0.4 is 5.32 Å². The molecule has 1 aromatic rings. The Hall–Kier alpha value is -0.860. The van der Waals surface area contributed by atoms with Crippen molar-refractivity contribution < 1.29 is 5.11 Å². The van der Waals surface area contributed by atoms with E-state index < -0.39 is 0 Å². The zero-order valence-electron chi connectivity index (χ0n) is 10.3. The lowest BCUT2D eigenvalue weighted by Crippen LogP contribution is -2.40. The van der Waals surface area contributed by atoms with E-state index in [4.69, 9.17) is 0 Å². The van der Waals surface area contributed by atoms with Crippen molar-refractivity contribution in [3.05, 3.63) is 35.4 Å². The second-order valence-corrected chi connectivity index (χ2v) is 5.53. The maximum absolute atomic E-state index is 10.3. The third kappa shape index (κ3) is 2.45. The first-order chi connectivity index (χ1) is 7.48. The molecule has 0 aromatic heterocycles. The van der Waals surface area contributed by atoms with Crippen LogP contribution in [0.2, 0.25) is 0 Å². The van der Waals surface area contributed by atoms with Gasteiger partial charge in [-0.3, -0.25) is 0 Å². The first kappa shape index (κ1) is 11.6. The van der Waals surface area contributed by atoms with Crippen LogP contribution in [-0.4, -0.2) is 16.7 Å². The molecule has 2 heteroatoms. The Morgan fingerprint density at radius 3 is 2.75 bits per heavy atom. The van der Waals surface area contributed by atoms with Gasteiger partial charge in [-0.2, -0.15) is 0 Å². The molecule has 2 atom stereocenters. The summed E-state index contributed by atoms with van der Waals surface area (Å²) in [7, 11) is 0. The molecule has 16 heavy (non-hydrogen) atoms. The highest BCUT2D eigenvalue weighted by Crippen LogP contribution is 2.30. The molecule has 1 aliphatic rings. The van der Waals surface area contributed by atoms with Crippen LogP contribution in [0.3, 0.4) is 0 Å². The molecule has 88 valence electrons. The van der Waals surface area contributed by atoms with Crippen molar-refractivity contribution in [2.45, 2.75) is 51.3 Å².